The summed E-state index contributed by atoms with van der Waals surface area (Å²) in [6.07, 6.45) is 3.33. The maximum Gasteiger partial charge on any atom is 0.230 e. The topological polar surface area (TPSA) is 67.9 Å². The molecule has 0 fully saturated rings. The molecule has 2 aromatic carbocycles. The van der Waals surface area contributed by atoms with Gasteiger partial charge in [0.25, 0.3) is 0 Å². The van der Waals surface area contributed by atoms with E-state index >= 15 is 0 Å². The van der Waals surface area contributed by atoms with Crippen LogP contribution >= 0.6 is 0 Å². The Kier molecular flexibility index (Phi) is 5.35. The van der Waals surface area contributed by atoms with Crippen LogP contribution in [0.1, 0.15) is 11.1 Å². The summed E-state index contributed by atoms with van der Waals surface area (Å²) in [6.45, 7) is 1.67. The summed E-state index contributed by atoms with van der Waals surface area (Å²) < 4.78 is 0. The fourth-order valence-electron chi connectivity index (χ4n) is 2.58. The lowest BCUT2D eigenvalue weighted by Gasteiger charge is -2.22. The summed E-state index contributed by atoms with van der Waals surface area (Å²) in [5, 5.41) is 0. The fraction of sp³-hybridized carbons (Fsp3) is 0.211. The van der Waals surface area contributed by atoms with Gasteiger partial charge in [-0.1, -0.05) is 60.7 Å². The highest BCUT2D eigenvalue weighted by atomic mass is 15.3. The summed E-state index contributed by atoms with van der Waals surface area (Å²) >= 11 is 0. The van der Waals surface area contributed by atoms with Crippen molar-refractivity contribution in [3.05, 3.63) is 78.1 Å². The monoisotopic (exact) mass is 319 g/mol. The molecule has 5 nitrogen and oxygen atoms in total. The molecule has 1 heterocycles. The van der Waals surface area contributed by atoms with Crippen molar-refractivity contribution in [3.8, 4) is 0 Å². The Balaban J connectivity index is 1.70. The smallest absolute Gasteiger partial charge is 0.230 e. The maximum absolute atomic E-state index is 5.72. The Bertz CT molecular complexity index is 702. The molecule has 3 rings (SSSR count). The van der Waals surface area contributed by atoms with Gasteiger partial charge in [-0.15, -0.1) is 0 Å². The van der Waals surface area contributed by atoms with E-state index in [4.69, 9.17) is 5.73 Å². The summed E-state index contributed by atoms with van der Waals surface area (Å²) in [7, 11) is 0. The number of nitrogens with two attached hydrogens (primary N) is 1. The minimum atomic E-state index is 0.254. The Morgan fingerprint density at radius 3 is 1.79 bits per heavy atom. The van der Waals surface area contributed by atoms with E-state index in [0.29, 0.717) is 5.95 Å². The molecule has 0 atom stereocenters. The van der Waals surface area contributed by atoms with Crippen LogP contribution in [0.4, 0.5) is 11.9 Å². The second kappa shape index (κ2) is 8.06. The molecule has 0 unspecified atom stereocenters. The van der Waals surface area contributed by atoms with Crippen molar-refractivity contribution < 1.29 is 0 Å². The summed E-state index contributed by atoms with van der Waals surface area (Å²) in [5.74, 6) is 0.888. The van der Waals surface area contributed by atoms with Gasteiger partial charge in [0, 0.05) is 13.1 Å². The molecule has 24 heavy (non-hydrogen) atoms. The first-order valence-corrected chi connectivity index (χ1v) is 8.08. The van der Waals surface area contributed by atoms with Crippen LogP contribution in [0.3, 0.4) is 0 Å². The van der Waals surface area contributed by atoms with E-state index in [2.05, 4.69) is 68.4 Å². The van der Waals surface area contributed by atoms with Crippen molar-refractivity contribution in [1.82, 2.24) is 15.0 Å². The Labute approximate surface area is 142 Å². The van der Waals surface area contributed by atoms with E-state index in [1.54, 1.807) is 0 Å². The van der Waals surface area contributed by atoms with Crippen LogP contribution in [-0.2, 0) is 12.8 Å². The van der Waals surface area contributed by atoms with Gasteiger partial charge in [0.15, 0.2) is 0 Å². The van der Waals surface area contributed by atoms with E-state index < -0.39 is 0 Å². The number of rotatable bonds is 7. The highest BCUT2D eigenvalue weighted by Gasteiger charge is 2.11. The highest BCUT2D eigenvalue weighted by molar-refractivity contribution is 5.34. The number of hydrogen-bond donors (Lipinski definition) is 1. The maximum atomic E-state index is 5.72. The van der Waals surface area contributed by atoms with Gasteiger partial charge in [-0.2, -0.15) is 4.98 Å². The SMILES string of the molecule is Nc1ncnc(N(CCc2ccccc2)CCc2ccccc2)n1. The number of benzene rings is 2. The van der Waals surface area contributed by atoms with Crippen molar-refractivity contribution in [1.29, 1.82) is 0 Å². The van der Waals surface area contributed by atoms with E-state index in [9.17, 15) is 0 Å². The number of nitrogen functional groups attached to an aromatic ring is 1. The van der Waals surface area contributed by atoms with E-state index in [1.807, 2.05) is 12.1 Å². The third-order valence-electron chi connectivity index (χ3n) is 3.89. The van der Waals surface area contributed by atoms with Gasteiger partial charge < -0.3 is 10.6 Å². The van der Waals surface area contributed by atoms with Crippen LogP contribution < -0.4 is 10.6 Å². The molecule has 0 spiro atoms. The molecule has 1 aromatic heterocycles. The zero-order valence-electron chi connectivity index (χ0n) is 13.5. The van der Waals surface area contributed by atoms with Gasteiger partial charge >= 0.3 is 0 Å². The zero-order valence-corrected chi connectivity index (χ0v) is 13.5. The quantitative estimate of drug-likeness (QED) is 0.725. The highest BCUT2D eigenvalue weighted by Crippen LogP contribution is 2.11. The summed E-state index contributed by atoms with van der Waals surface area (Å²) in [4.78, 5) is 14.6. The van der Waals surface area contributed by atoms with Gasteiger partial charge in [0.1, 0.15) is 6.33 Å². The minimum absolute atomic E-state index is 0.254. The van der Waals surface area contributed by atoms with Gasteiger partial charge in [0.2, 0.25) is 11.9 Å². The molecule has 0 bridgehead atoms. The molecule has 0 aliphatic carbocycles. The van der Waals surface area contributed by atoms with Crippen LogP contribution in [0, 0.1) is 0 Å². The third kappa shape index (κ3) is 4.52. The van der Waals surface area contributed by atoms with Gasteiger partial charge in [-0.3, -0.25) is 0 Å². The van der Waals surface area contributed by atoms with E-state index in [1.165, 1.54) is 17.5 Å². The van der Waals surface area contributed by atoms with Crippen molar-refractivity contribution in [2.45, 2.75) is 12.8 Å². The van der Waals surface area contributed by atoms with Crippen LogP contribution in [0.15, 0.2) is 67.0 Å². The Morgan fingerprint density at radius 1 is 0.750 bits per heavy atom. The molecule has 0 amide bonds. The number of anilines is 2. The molecule has 5 heteroatoms. The van der Waals surface area contributed by atoms with Crippen molar-refractivity contribution >= 4 is 11.9 Å². The zero-order chi connectivity index (χ0) is 16.6. The fourth-order valence-corrected chi connectivity index (χ4v) is 2.58. The molecule has 0 radical (unpaired) electrons. The molecule has 2 N–H and O–H groups in total. The third-order valence-corrected chi connectivity index (χ3v) is 3.89. The predicted molar refractivity (Wildman–Crippen MR) is 96.7 cm³/mol. The standard InChI is InChI=1S/C19H21N5/c20-18-21-15-22-19(23-18)24(13-11-16-7-3-1-4-8-16)14-12-17-9-5-2-6-10-17/h1-10,15H,11-14H2,(H2,20,21,22,23). The number of hydrogen-bond acceptors (Lipinski definition) is 5. The largest absolute Gasteiger partial charge is 0.368 e. The number of aromatic nitrogens is 3. The van der Waals surface area contributed by atoms with Crippen molar-refractivity contribution in [2.24, 2.45) is 0 Å². The molecular formula is C19H21N5. The molecule has 0 saturated carbocycles. The van der Waals surface area contributed by atoms with Gasteiger partial charge in [-0.25, -0.2) is 9.97 Å². The van der Waals surface area contributed by atoms with Crippen LogP contribution in [0.5, 0.6) is 0 Å². The molecule has 0 aliphatic heterocycles. The second-order valence-corrected chi connectivity index (χ2v) is 5.60. The molecular weight excluding hydrogens is 298 g/mol. The lowest BCUT2D eigenvalue weighted by atomic mass is 10.1. The normalized spacial score (nSPS) is 10.5. The van der Waals surface area contributed by atoms with Crippen molar-refractivity contribution in [3.63, 3.8) is 0 Å². The average Bonchev–Trinajstić information content (AvgIpc) is 2.63. The lowest BCUT2D eigenvalue weighted by Crippen LogP contribution is -2.30. The molecule has 0 saturated heterocycles. The second-order valence-electron chi connectivity index (χ2n) is 5.60. The first-order valence-electron chi connectivity index (χ1n) is 8.08. The average molecular weight is 319 g/mol. The minimum Gasteiger partial charge on any atom is -0.368 e. The van der Waals surface area contributed by atoms with E-state index in [-0.39, 0.29) is 5.95 Å². The van der Waals surface area contributed by atoms with Crippen molar-refractivity contribution in [2.75, 3.05) is 23.7 Å². The Hall–Kier alpha value is -2.95. The van der Waals surface area contributed by atoms with Gasteiger partial charge in [-0.05, 0) is 24.0 Å². The summed E-state index contributed by atoms with van der Waals surface area (Å²) in [6, 6.07) is 20.8. The number of nitrogens with zero attached hydrogens (tertiary/aromatic N) is 4. The first kappa shape index (κ1) is 15.9. The van der Waals surface area contributed by atoms with Crippen LogP contribution in [0.2, 0.25) is 0 Å². The van der Waals surface area contributed by atoms with Crippen LogP contribution in [-0.4, -0.2) is 28.0 Å². The molecule has 0 aliphatic rings. The lowest BCUT2D eigenvalue weighted by molar-refractivity contribution is 0.738. The van der Waals surface area contributed by atoms with Gasteiger partial charge in [0.05, 0.1) is 0 Å². The molecule has 3 aromatic rings. The van der Waals surface area contributed by atoms with E-state index in [0.717, 1.165) is 25.9 Å². The summed E-state index contributed by atoms with van der Waals surface area (Å²) in [5.41, 5.74) is 8.31. The van der Waals surface area contributed by atoms with Crippen LogP contribution in [0.25, 0.3) is 0 Å². The predicted octanol–water partition coefficient (Wildman–Crippen LogP) is 2.75. The Morgan fingerprint density at radius 2 is 1.29 bits per heavy atom. The first-order chi connectivity index (χ1) is 11.8. The molecule has 122 valence electrons.